The Balaban J connectivity index is 1.36. The molecule has 0 radical (unpaired) electrons. The van der Waals surface area contributed by atoms with Gasteiger partial charge in [-0.1, -0.05) is 43.6 Å². The number of carbonyl (C=O) groups is 6. The first-order valence-electron chi connectivity index (χ1n) is 20.2. The molecule has 1 aromatic heterocycles. The van der Waals surface area contributed by atoms with Crippen LogP contribution in [0.2, 0.25) is 0 Å². The van der Waals surface area contributed by atoms with E-state index in [2.05, 4.69) is 50.2 Å². The van der Waals surface area contributed by atoms with Crippen LogP contribution in [0.25, 0.3) is 0 Å². The Bertz CT molecular complexity index is 1820. The van der Waals surface area contributed by atoms with Crippen molar-refractivity contribution in [3.05, 3.63) is 18.0 Å². The van der Waals surface area contributed by atoms with Gasteiger partial charge in [0.2, 0.25) is 17.4 Å². The Morgan fingerprint density at radius 2 is 1.57 bits per heavy atom. The number of thioether (sulfide) groups is 1. The van der Waals surface area contributed by atoms with E-state index < -0.39 is 64.7 Å². The zero-order chi connectivity index (χ0) is 44.4. The lowest BCUT2D eigenvalue weighted by Gasteiger charge is -2.40. The molecular weight excluding hydrogens is 801 g/mol. The zero-order valence-electron chi connectivity index (χ0n) is 36.2. The van der Waals surface area contributed by atoms with Crippen LogP contribution in [0, 0.1) is 5.92 Å². The van der Waals surface area contributed by atoms with Gasteiger partial charge in [-0.2, -0.15) is 0 Å². The molecule has 1 unspecified atom stereocenters. The average molecular weight is 861 g/mol. The van der Waals surface area contributed by atoms with E-state index in [9.17, 15) is 28.8 Å². The van der Waals surface area contributed by atoms with E-state index in [0.717, 1.165) is 37.4 Å². The van der Waals surface area contributed by atoms with E-state index in [0.29, 0.717) is 24.7 Å². The summed E-state index contributed by atoms with van der Waals surface area (Å²) in [4.78, 5) is 94.0. The van der Waals surface area contributed by atoms with Gasteiger partial charge in [-0.15, -0.1) is 0 Å². The summed E-state index contributed by atoms with van der Waals surface area (Å²) in [5, 5.41) is 14.9. The van der Waals surface area contributed by atoms with Crippen molar-refractivity contribution in [2.45, 2.75) is 130 Å². The maximum Gasteiger partial charge on any atom is 0.413 e. The van der Waals surface area contributed by atoms with E-state index in [1.807, 2.05) is 0 Å². The van der Waals surface area contributed by atoms with E-state index in [-0.39, 0.29) is 53.8 Å². The Morgan fingerprint density at radius 1 is 0.933 bits per heavy atom. The molecule has 3 atom stereocenters. The number of carbonyl (C=O) groups excluding carboxylic acids is 6. The molecule has 20 heteroatoms. The number of amides is 5. The van der Waals surface area contributed by atoms with Crippen LogP contribution in [0.15, 0.2) is 22.4 Å². The number of unbranched alkanes of at least 4 members (excludes halogenated alkanes) is 2. The number of aromatic nitrogens is 1. The predicted molar refractivity (Wildman–Crippen MR) is 223 cm³/mol. The molecule has 4 N–H and O–H groups in total. The summed E-state index contributed by atoms with van der Waals surface area (Å²) in [7, 11) is 0. The van der Waals surface area contributed by atoms with E-state index in [1.165, 1.54) is 24.9 Å². The summed E-state index contributed by atoms with van der Waals surface area (Å²) in [6.07, 6.45) is 4.36. The molecule has 5 amide bonds. The van der Waals surface area contributed by atoms with E-state index in [1.54, 1.807) is 47.6 Å². The van der Waals surface area contributed by atoms with Gasteiger partial charge in [0.25, 0.3) is 11.8 Å². The van der Waals surface area contributed by atoms with Crippen LogP contribution in [0.5, 0.6) is 11.5 Å². The van der Waals surface area contributed by atoms with Crippen LogP contribution >= 0.6 is 11.8 Å². The Hall–Kier alpha value is -5.14. The number of ether oxygens (including phenoxy) is 4. The first kappa shape index (κ1) is 47.5. The zero-order valence-corrected chi connectivity index (χ0v) is 37.0. The molecule has 19 nitrogen and oxygen atoms in total. The van der Waals surface area contributed by atoms with Crippen molar-refractivity contribution in [3.8, 4) is 11.5 Å². The van der Waals surface area contributed by atoms with Gasteiger partial charge in [-0.05, 0) is 68.2 Å². The fourth-order valence-corrected chi connectivity index (χ4v) is 6.47. The highest BCUT2D eigenvalue weighted by atomic mass is 32.2. The van der Waals surface area contributed by atoms with Gasteiger partial charge in [-0.3, -0.25) is 29.5 Å². The van der Waals surface area contributed by atoms with Crippen molar-refractivity contribution in [2.24, 2.45) is 16.1 Å². The minimum Gasteiger partial charge on any atom is -0.490 e. The Labute approximate surface area is 355 Å². The topological polar surface area (TPSA) is 238 Å². The van der Waals surface area contributed by atoms with Gasteiger partial charge in [-0.25, -0.2) is 14.6 Å². The molecule has 0 aliphatic carbocycles. The summed E-state index contributed by atoms with van der Waals surface area (Å²) in [6, 6.07) is -1.12. The predicted octanol–water partition coefficient (Wildman–Crippen LogP) is 3.10. The second-order valence-electron chi connectivity index (χ2n) is 17.1. The number of rotatable bonds is 18. The van der Waals surface area contributed by atoms with Crippen LogP contribution in [0.1, 0.15) is 105 Å². The number of amidine groups is 1. The highest BCUT2D eigenvalue weighted by Crippen LogP contribution is 2.29. The van der Waals surface area contributed by atoms with Crippen LogP contribution in [0.3, 0.4) is 0 Å². The second-order valence-corrected chi connectivity index (χ2v) is 18.1. The first-order chi connectivity index (χ1) is 28.1. The fraction of sp³-hybridized carbons (Fsp3) is 0.675. The molecule has 3 aliphatic rings. The van der Waals surface area contributed by atoms with E-state index in [4.69, 9.17) is 23.8 Å². The number of nitrogens with zero attached hydrogens (tertiary/aromatic N) is 4. The van der Waals surface area contributed by atoms with Crippen molar-refractivity contribution in [3.63, 3.8) is 0 Å². The van der Waals surface area contributed by atoms with E-state index >= 15 is 0 Å². The fourth-order valence-electron chi connectivity index (χ4n) is 5.56. The number of oxime groups is 1. The monoisotopic (exact) mass is 860 g/mol. The lowest BCUT2D eigenvalue weighted by molar-refractivity contribution is -0.179. The molecule has 4 heterocycles. The number of nitrogens with one attached hydrogen (secondary N) is 4. The summed E-state index contributed by atoms with van der Waals surface area (Å²) in [6.45, 7) is 18.5. The number of hydrogen-bond acceptors (Lipinski definition) is 15. The Morgan fingerprint density at radius 3 is 2.17 bits per heavy atom. The number of β-lactam (4-membered cyclic amide) rings is 1. The molecule has 0 saturated carbocycles. The molecule has 0 aromatic carbocycles. The summed E-state index contributed by atoms with van der Waals surface area (Å²) >= 11 is 1.13. The van der Waals surface area contributed by atoms with Gasteiger partial charge in [0.1, 0.15) is 29.0 Å². The largest absolute Gasteiger partial charge is 0.490 e. The van der Waals surface area contributed by atoms with Gasteiger partial charge in [0, 0.05) is 31.5 Å². The smallest absolute Gasteiger partial charge is 0.413 e. The minimum atomic E-state index is -1.62. The molecule has 2 saturated heterocycles. The van der Waals surface area contributed by atoms with Crippen molar-refractivity contribution in [1.29, 1.82) is 0 Å². The number of likely N-dealkylation sites (tertiary alicyclic amines) is 1. The molecular formula is C40H60N8O11S. The number of aliphatic imine (C=N–C) groups is 1. The van der Waals surface area contributed by atoms with Crippen molar-refractivity contribution in [1.82, 2.24) is 31.2 Å². The molecule has 60 heavy (non-hydrogen) atoms. The molecule has 0 bridgehead atoms. The Kier molecular flexibility index (Phi) is 16.2. The third kappa shape index (κ3) is 13.7. The van der Waals surface area contributed by atoms with Gasteiger partial charge < -0.3 is 44.6 Å². The number of pyridine rings is 1. The molecule has 332 valence electrons. The standard InChI is InChI=1S/C40H60N8O11S/c1-11-13-15-55-27-17-24(41-19-28(27)56-16-14-12-2)34(52)48-20-23(21-48)31(49)42-18-25-29(32(50)43-25)45-33(51)30(47-59-40(9,10)35(53)57-38(3,4)5)26-22-60-36(44-26)46-37(54)58-39(6,7)8/h17,19,23,25-26,29H,11-16,18,20-22H2,1-10H3,(H,42,49)(H,43,50)(H,45,51)(H,44,46,54)/b47-30-/t25-,26?,29+/m1/s1. The van der Waals surface area contributed by atoms with Crippen molar-refractivity contribution >= 4 is 58.3 Å². The third-order valence-corrected chi connectivity index (χ3v) is 9.93. The maximum absolute atomic E-state index is 13.8. The molecule has 1 aromatic rings. The third-order valence-electron chi connectivity index (χ3n) is 8.97. The van der Waals surface area contributed by atoms with Gasteiger partial charge in [0.15, 0.2) is 22.4 Å². The minimum absolute atomic E-state index is 0.0183. The summed E-state index contributed by atoms with van der Waals surface area (Å²) in [5.41, 5.74) is -3.30. The summed E-state index contributed by atoms with van der Waals surface area (Å²) in [5.74, 6) is -2.15. The van der Waals surface area contributed by atoms with Crippen LogP contribution in [-0.2, 0) is 33.5 Å². The number of esters is 1. The highest BCUT2D eigenvalue weighted by molar-refractivity contribution is 8.14. The normalized spacial score (nSPS) is 19.5. The molecule has 3 aliphatic heterocycles. The maximum atomic E-state index is 13.8. The van der Waals surface area contributed by atoms with Crippen LogP contribution in [-0.4, -0.2) is 130 Å². The number of alkyl carbamates (subject to hydrolysis) is 1. The van der Waals surface area contributed by atoms with Crippen LogP contribution < -0.4 is 30.7 Å². The molecule has 2 fully saturated rings. The summed E-state index contributed by atoms with van der Waals surface area (Å²) < 4.78 is 22.5. The highest BCUT2D eigenvalue weighted by Gasteiger charge is 2.44. The second kappa shape index (κ2) is 20.4. The average Bonchev–Trinajstić information content (AvgIpc) is 3.58. The molecule has 4 rings (SSSR count). The lowest BCUT2D eigenvalue weighted by atomic mass is 9.96. The lowest BCUT2D eigenvalue weighted by Crippen LogP contribution is -2.72. The van der Waals surface area contributed by atoms with Crippen molar-refractivity contribution in [2.75, 3.05) is 38.6 Å². The van der Waals surface area contributed by atoms with Gasteiger partial charge in [0.05, 0.1) is 31.4 Å². The van der Waals surface area contributed by atoms with Crippen LogP contribution in [0.4, 0.5) is 4.79 Å². The van der Waals surface area contributed by atoms with Crippen molar-refractivity contribution < 1.29 is 52.6 Å². The first-order valence-corrected chi connectivity index (χ1v) is 21.2. The van der Waals surface area contributed by atoms with Gasteiger partial charge >= 0.3 is 12.1 Å². The quantitative estimate of drug-likeness (QED) is 0.0547. The number of hydrogen-bond donors (Lipinski definition) is 4. The SMILES string of the molecule is CCCCOc1cnc(C(=O)N2CC(C(=O)NC[C@H]3NC(=O)[C@H]3NC(=O)/C(=N\OC(C)(C)C(=O)OC(C)(C)C)C3CSC(NC(=O)OC(C)(C)C)=N3)C2)cc1OCCCC. The molecule has 0 spiro atoms.